The minimum Gasteiger partial charge on any atom is -0.390 e. The molecule has 2 heteroatoms. The van der Waals surface area contributed by atoms with Crippen molar-refractivity contribution < 1.29 is 5.11 Å². The maximum absolute atomic E-state index is 9.70. The number of thiophene rings is 1. The Hall–Kier alpha value is -0.340. The molecule has 1 nitrogen and oxygen atoms in total. The zero-order chi connectivity index (χ0) is 10.0. The Bertz CT molecular complexity index is 299. The molecule has 0 aliphatic heterocycles. The highest BCUT2D eigenvalue weighted by Crippen LogP contribution is 2.39. The van der Waals surface area contributed by atoms with Crippen LogP contribution in [0.3, 0.4) is 0 Å². The summed E-state index contributed by atoms with van der Waals surface area (Å²) in [5.41, 5.74) is -0.283. The minimum absolute atomic E-state index is 0.283. The molecule has 1 saturated carbocycles. The Balaban J connectivity index is 1.83. The van der Waals surface area contributed by atoms with E-state index in [1.165, 1.54) is 22.6 Å². The quantitative estimate of drug-likeness (QED) is 0.791. The van der Waals surface area contributed by atoms with E-state index in [-0.39, 0.29) is 5.60 Å². The van der Waals surface area contributed by atoms with E-state index < -0.39 is 0 Å². The van der Waals surface area contributed by atoms with Crippen molar-refractivity contribution in [1.29, 1.82) is 0 Å². The van der Waals surface area contributed by atoms with Gasteiger partial charge in [-0.1, -0.05) is 13.3 Å². The van der Waals surface area contributed by atoms with Gasteiger partial charge < -0.3 is 5.11 Å². The zero-order valence-corrected chi connectivity index (χ0v) is 9.57. The summed E-state index contributed by atoms with van der Waals surface area (Å²) < 4.78 is 0. The fourth-order valence-electron chi connectivity index (χ4n) is 1.69. The normalized spacial score (nSPS) is 18.4. The maximum atomic E-state index is 9.70. The van der Waals surface area contributed by atoms with Gasteiger partial charge in [0.05, 0.1) is 5.60 Å². The van der Waals surface area contributed by atoms with Gasteiger partial charge in [-0.3, -0.25) is 0 Å². The van der Waals surface area contributed by atoms with Crippen LogP contribution < -0.4 is 0 Å². The van der Waals surface area contributed by atoms with Gasteiger partial charge in [-0.25, -0.2) is 0 Å². The smallest absolute Gasteiger partial charge is 0.0653 e. The highest BCUT2D eigenvalue weighted by atomic mass is 32.1. The maximum Gasteiger partial charge on any atom is 0.0653 e. The molecule has 1 heterocycles. The van der Waals surface area contributed by atoms with Crippen molar-refractivity contribution >= 4 is 11.3 Å². The van der Waals surface area contributed by atoms with E-state index in [0.29, 0.717) is 0 Å². The van der Waals surface area contributed by atoms with Crippen LogP contribution in [0.2, 0.25) is 0 Å². The van der Waals surface area contributed by atoms with Crippen LogP contribution in [0.1, 0.15) is 42.4 Å². The standard InChI is InChI=1S/C12H18OS/c1-2-3-10-4-5-11(14-10)6-7-12(13)8-9-12/h4-5,13H,2-3,6-9H2,1H3. The molecule has 0 unspecified atom stereocenters. The summed E-state index contributed by atoms with van der Waals surface area (Å²) in [4.78, 5) is 2.93. The lowest BCUT2D eigenvalue weighted by Crippen LogP contribution is -2.06. The second-order valence-corrected chi connectivity index (χ2v) is 5.60. The third-order valence-corrected chi connectivity index (χ3v) is 4.08. The molecule has 1 fully saturated rings. The van der Waals surface area contributed by atoms with Gasteiger partial charge in [0.15, 0.2) is 0 Å². The Morgan fingerprint density at radius 1 is 1.29 bits per heavy atom. The highest BCUT2D eigenvalue weighted by molar-refractivity contribution is 7.11. The molecule has 0 aromatic carbocycles. The minimum atomic E-state index is -0.283. The molecule has 1 aromatic rings. The van der Waals surface area contributed by atoms with Crippen molar-refractivity contribution in [2.24, 2.45) is 0 Å². The number of hydrogen-bond acceptors (Lipinski definition) is 2. The summed E-state index contributed by atoms with van der Waals surface area (Å²) in [6.07, 6.45) is 6.48. The van der Waals surface area contributed by atoms with Crippen LogP contribution in [-0.2, 0) is 12.8 Å². The Labute approximate surface area is 89.8 Å². The molecule has 78 valence electrons. The average Bonchev–Trinajstić information content (AvgIpc) is 2.74. The average molecular weight is 210 g/mol. The van der Waals surface area contributed by atoms with Crippen LogP contribution >= 0.6 is 11.3 Å². The number of aliphatic hydroxyl groups is 1. The fourth-order valence-corrected chi connectivity index (χ4v) is 2.81. The molecule has 0 bridgehead atoms. The molecule has 0 spiro atoms. The van der Waals surface area contributed by atoms with Gasteiger partial charge in [0.1, 0.15) is 0 Å². The molecular weight excluding hydrogens is 192 g/mol. The van der Waals surface area contributed by atoms with Crippen LogP contribution in [0, 0.1) is 0 Å². The van der Waals surface area contributed by atoms with Crippen molar-refractivity contribution in [3.8, 4) is 0 Å². The van der Waals surface area contributed by atoms with Crippen molar-refractivity contribution in [2.45, 2.75) is 51.0 Å². The largest absolute Gasteiger partial charge is 0.390 e. The molecule has 1 aliphatic carbocycles. The van der Waals surface area contributed by atoms with E-state index in [2.05, 4.69) is 19.1 Å². The fraction of sp³-hybridized carbons (Fsp3) is 0.667. The zero-order valence-electron chi connectivity index (χ0n) is 8.75. The first kappa shape index (κ1) is 10.2. The molecule has 0 amide bonds. The van der Waals surface area contributed by atoms with Crippen LogP contribution in [0.4, 0.5) is 0 Å². The van der Waals surface area contributed by atoms with Gasteiger partial charge in [-0.05, 0) is 44.2 Å². The molecule has 0 radical (unpaired) electrons. The molecule has 14 heavy (non-hydrogen) atoms. The number of hydrogen-bond donors (Lipinski definition) is 1. The van der Waals surface area contributed by atoms with Gasteiger partial charge in [-0.2, -0.15) is 0 Å². The van der Waals surface area contributed by atoms with E-state index in [1.54, 1.807) is 0 Å². The lowest BCUT2D eigenvalue weighted by Gasteiger charge is -2.04. The third-order valence-electron chi connectivity index (χ3n) is 2.88. The summed E-state index contributed by atoms with van der Waals surface area (Å²) >= 11 is 1.91. The molecule has 1 aliphatic rings. The van der Waals surface area contributed by atoms with E-state index in [4.69, 9.17) is 0 Å². The summed E-state index contributed by atoms with van der Waals surface area (Å²) in [6, 6.07) is 4.46. The van der Waals surface area contributed by atoms with Gasteiger partial charge in [0.2, 0.25) is 0 Å². The van der Waals surface area contributed by atoms with Crippen LogP contribution in [-0.4, -0.2) is 10.7 Å². The van der Waals surface area contributed by atoms with Crippen molar-refractivity contribution in [2.75, 3.05) is 0 Å². The molecule has 2 rings (SSSR count). The summed E-state index contributed by atoms with van der Waals surface area (Å²) in [5.74, 6) is 0. The Morgan fingerprint density at radius 2 is 1.93 bits per heavy atom. The van der Waals surface area contributed by atoms with Gasteiger partial charge >= 0.3 is 0 Å². The summed E-state index contributed by atoms with van der Waals surface area (Å²) in [7, 11) is 0. The van der Waals surface area contributed by atoms with E-state index >= 15 is 0 Å². The molecule has 1 aromatic heterocycles. The van der Waals surface area contributed by atoms with E-state index in [1.807, 2.05) is 11.3 Å². The first-order valence-electron chi connectivity index (χ1n) is 5.52. The van der Waals surface area contributed by atoms with Gasteiger partial charge in [0, 0.05) is 9.75 Å². The van der Waals surface area contributed by atoms with Crippen molar-refractivity contribution in [3.05, 3.63) is 21.9 Å². The number of rotatable bonds is 5. The summed E-state index contributed by atoms with van der Waals surface area (Å²) in [6.45, 7) is 2.21. The first-order valence-corrected chi connectivity index (χ1v) is 6.33. The third kappa shape index (κ3) is 2.58. The van der Waals surface area contributed by atoms with Crippen LogP contribution in [0.25, 0.3) is 0 Å². The molecular formula is C12H18OS. The van der Waals surface area contributed by atoms with Crippen LogP contribution in [0.15, 0.2) is 12.1 Å². The molecule has 0 atom stereocenters. The van der Waals surface area contributed by atoms with Gasteiger partial charge in [0.25, 0.3) is 0 Å². The Morgan fingerprint density at radius 3 is 2.50 bits per heavy atom. The predicted molar refractivity (Wildman–Crippen MR) is 60.8 cm³/mol. The number of aryl methyl sites for hydroxylation is 2. The first-order chi connectivity index (χ1) is 6.72. The molecule has 0 saturated heterocycles. The lowest BCUT2D eigenvalue weighted by atomic mass is 10.1. The van der Waals surface area contributed by atoms with Crippen LogP contribution in [0.5, 0.6) is 0 Å². The highest BCUT2D eigenvalue weighted by Gasteiger charge is 2.39. The van der Waals surface area contributed by atoms with Crippen molar-refractivity contribution in [3.63, 3.8) is 0 Å². The lowest BCUT2D eigenvalue weighted by molar-refractivity contribution is 0.141. The molecule has 1 N–H and O–H groups in total. The monoisotopic (exact) mass is 210 g/mol. The van der Waals surface area contributed by atoms with Crippen molar-refractivity contribution in [1.82, 2.24) is 0 Å². The van der Waals surface area contributed by atoms with Gasteiger partial charge in [-0.15, -0.1) is 11.3 Å². The predicted octanol–water partition coefficient (Wildman–Crippen LogP) is 3.16. The SMILES string of the molecule is CCCc1ccc(CCC2(O)CC2)s1. The van der Waals surface area contributed by atoms with E-state index in [0.717, 1.165) is 25.7 Å². The topological polar surface area (TPSA) is 20.2 Å². The second-order valence-electron chi connectivity index (χ2n) is 4.34. The Kier molecular flexibility index (Phi) is 2.93. The second kappa shape index (κ2) is 4.03. The van der Waals surface area contributed by atoms with E-state index in [9.17, 15) is 5.11 Å². The summed E-state index contributed by atoms with van der Waals surface area (Å²) in [5, 5.41) is 9.70.